The fourth-order valence-electron chi connectivity index (χ4n) is 4.25. The van der Waals surface area contributed by atoms with E-state index in [1.165, 1.54) is 4.31 Å². The van der Waals surface area contributed by atoms with Crippen molar-refractivity contribution in [1.82, 2.24) is 10.2 Å². The quantitative estimate of drug-likeness (QED) is 0.354. The highest BCUT2D eigenvalue weighted by Gasteiger charge is 2.30. The Morgan fingerprint density at radius 2 is 1.58 bits per heavy atom. The van der Waals surface area contributed by atoms with Crippen LogP contribution in [0.4, 0.5) is 5.69 Å². The number of sulfonamides is 1. The molecule has 0 aromatic heterocycles. The van der Waals surface area contributed by atoms with Gasteiger partial charge in [-0.3, -0.25) is 13.9 Å². The van der Waals surface area contributed by atoms with Crippen molar-refractivity contribution in [2.24, 2.45) is 0 Å². The molecule has 0 heterocycles. The molecule has 0 aliphatic carbocycles. The van der Waals surface area contributed by atoms with Gasteiger partial charge in [-0.1, -0.05) is 77.8 Å². The minimum Gasteiger partial charge on any atom is -0.357 e. The zero-order valence-electron chi connectivity index (χ0n) is 21.9. The van der Waals surface area contributed by atoms with Crippen LogP contribution in [-0.4, -0.2) is 51.0 Å². The Morgan fingerprint density at radius 3 is 2.18 bits per heavy atom. The van der Waals surface area contributed by atoms with E-state index in [1.807, 2.05) is 67.6 Å². The first-order valence-electron chi connectivity index (χ1n) is 12.4. The second kappa shape index (κ2) is 13.4. The molecule has 0 unspecified atom stereocenters. The zero-order valence-corrected chi connectivity index (χ0v) is 23.5. The Balaban J connectivity index is 1.84. The van der Waals surface area contributed by atoms with E-state index in [0.29, 0.717) is 17.1 Å². The smallest absolute Gasteiger partial charge is 0.242 e. The topological polar surface area (TPSA) is 86.8 Å². The Morgan fingerprint density at radius 1 is 0.947 bits per heavy atom. The first kappa shape index (κ1) is 29.2. The van der Waals surface area contributed by atoms with Crippen molar-refractivity contribution in [1.29, 1.82) is 0 Å². The van der Waals surface area contributed by atoms with Crippen LogP contribution in [0.15, 0.2) is 78.9 Å². The lowest BCUT2D eigenvalue weighted by atomic mass is 10.0. The van der Waals surface area contributed by atoms with Crippen LogP contribution in [0.5, 0.6) is 0 Å². The normalized spacial score (nSPS) is 12.0. The lowest BCUT2D eigenvalue weighted by molar-refractivity contribution is -0.141. The largest absolute Gasteiger partial charge is 0.357 e. The molecule has 2 amide bonds. The first-order chi connectivity index (χ1) is 18.1. The molecule has 3 rings (SSSR count). The number of anilines is 1. The maximum atomic E-state index is 13.7. The van der Waals surface area contributed by atoms with E-state index in [4.69, 9.17) is 11.6 Å². The number of hydrogen-bond donors (Lipinski definition) is 1. The number of amides is 2. The Kier molecular flexibility index (Phi) is 10.3. The highest BCUT2D eigenvalue weighted by Crippen LogP contribution is 2.23. The van der Waals surface area contributed by atoms with Gasteiger partial charge in [0, 0.05) is 38.0 Å². The second-order valence-electron chi connectivity index (χ2n) is 9.21. The molecule has 7 nitrogen and oxygen atoms in total. The van der Waals surface area contributed by atoms with Crippen molar-refractivity contribution in [3.8, 4) is 0 Å². The molecule has 0 fully saturated rings. The highest BCUT2D eigenvalue weighted by atomic mass is 35.5. The van der Waals surface area contributed by atoms with Crippen molar-refractivity contribution in [3.05, 3.63) is 101 Å². The molecule has 3 aromatic rings. The summed E-state index contributed by atoms with van der Waals surface area (Å²) in [4.78, 5) is 28.2. The molecule has 38 heavy (non-hydrogen) atoms. The molecule has 0 saturated carbocycles. The number of rotatable bonds is 12. The van der Waals surface area contributed by atoms with Crippen LogP contribution in [0.1, 0.15) is 29.5 Å². The molecule has 0 radical (unpaired) electrons. The van der Waals surface area contributed by atoms with Gasteiger partial charge in [-0.05, 0) is 42.7 Å². The van der Waals surface area contributed by atoms with Crippen LogP contribution in [0, 0.1) is 6.92 Å². The lowest BCUT2D eigenvalue weighted by Crippen LogP contribution is -2.49. The number of carbonyl (C=O) groups excluding carboxylic acids is 2. The van der Waals surface area contributed by atoms with Gasteiger partial charge < -0.3 is 10.2 Å². The molecule has 0 bridgehead atoms. The Bertz CT molecular complexity index is 1330. The van der Waals surface area contributed by atoms with Crippen molar-refractivity contribution < 1.29 is 18.0 Å². The van der Waals surface area contributed by atoms with E-state index in [0.717, 1.165) is 22.9 Å². The molecular formula is C29H34ClN3O4S. The minimum atomic E-state index is -3.55. The molecule has 202 valence electrons. The summed E-state index contributed by atoms with van der Waals surface area (Å²) in [5.74, 6) is -0.543. The van der Waals surface area contributed by atoms with Gasteiger partial charge in [0.05, 0.1) is 11.9 Å². The van der Waals surface area contributed by atoms with Gasteiger partial charge in [-0.2, -0.15) is 0 Å². The van der Waals surface area contributed by atoms with Crippen LogP contribution in [-0.2, 0) is 32.6 Å². The van der Waals surface area contributed by atoms with Gasteiger partial charge in [-0.25, -0.2) is 8.42 Å². The predicted octanol–water partition coefficient (Wildman–Crippen LogP) is 4.58. The van der Waals surface area contributed by atoms with Crippen molar-refractivity contribution in [3.63, 3.8) is 0 Å². The molecule has 0 aliphatic heterocycles. The van der Waals surface area contributed by atoms with Gasteiger partial charge in [0.1, 0.15) is 6.04 Å². The van der Waals surface area contributed by atoms with E-state index in [9.17, 15) is 18.0 Å². The highest BCUT2D eigenvalue weighted by molar-refractivity contribution is 7.92. The van der Waals surface area contributed by atoms with Crippen LogP contribution in [0.25, 0.3) is 0 Å². The molecule has 0 saturated heterocycles. The zero-order chi connectivity index (χ0) is 27.7. The third-order valence-corrected chi connectivity index (χ3v) is 7.85. The summed E-state index contributed by atoms with van der Waals surface area (Å²) in [7, 11) is -2.01. The van der Waals surface area contributed by atoms with E-state index < -0.39 is 16.1 Å². The van der Waals surface area contributed by atoms with Crippen molar-refractivity contribution >= 4 is 39.1 Å². The van der Waals surface area contributed by atoms with Crippen LogP contribution >= 0.6 is 11.6 Å². The van der Waals surface area contributed by atoms with Gasteiger partial charge in [0.2, 0.25) is 21.8 Å². The third-order valence-electron chi connectivity index (χ3n) is 6.29. The number of nitrogens with one attached hydrogen (secondary N) is 1. The molecule has 1 atom stereocenters. The average molecular weight is 556 g/mol. The fraction of sp³-hybridized carbons (Fsp3) is 0.310. The Hall–Kier alpha value is -3.36. The summed E-state index contributed by atoms with van der Waals surface area (Å²) in [6.07, 6.45) is 1.82. The van der Waals surface area contributed by atoms with Gasteiger partial charge in [0.25, 0.3) is 0 Å². The molecule has 0 spiro atoms. The van der Waals surface area contributed by atoms with E-state index in [2.05, 4.69) is 5.32 Å². The summed E-state index contributed by atoms with van der Waals surface area (Å²) >= 11 is 6.41. The fourth-order valence-corrected chi connectivity index (χ4v) is 5.41. The third kappa shape index (κ3) is 8.07. The SMILES string of the molecule is CNC(=O)[C@@H](Cc1ccccc1)N(Cc1ccccc1Cl)C(=O)CCCN(c1ccc(C)cc1)S(C)(=O)=O. The van der Waals surface area contributed by atoms with Crippen LogP contribution < -0.4 is 9.62 Å². The van der Waals surface area contributed by atoms with Crippen LogP contribution in [0.2, 0.25) is 5.02 Å². The number of aryl methyl sites for hydroxylation is 1. The molecule has 3 aromatic carbocycles. The standard InChI is InChI=1S/C29H34ClN3O4S/c1-22-15-17-25(18-16-22)33(38(3,36)37)19-9-14-28(34)32(21-24-12-7-8-13-26(24)30)27(29(35)31-2)20-23-10-5-4-6-11-23/h4-8,10-13,15-18,27H,9,14,19-21H2,1-3H3,(H,31,35)/t27-/m1/s1. The number of likely N-dealkylation sites (N-methyl/N-ethyl adjacent to an activating group) is 1. The number of hydrogen-bond acceptors (Lipinski definition) is 4. The summed E-state index contributed by atoms with van der Waals surface area (Å²) in [6, 6.07) is 23.2. The van der Waals surface area contributed by atoms with Crippen molar-refractivity contribution in [2.45, 2.75) is 38.8 Å². The average Bonchev–Trinajstić information content (AvgIpc) is 2.89. The number of carbonyl (C=O) groups is 2. The summed E-state index contributed by atoms with van der Waals surface area (Å²) in [6.45, 7) is 2.22. The van der Waals surface area contributed by atoms with E-state index in [1.54, 1.807) is 30.1 Å². The maximum Gasteiger partial charge on any atom is 0.242 e. The maximum absolute atomic E-state index is 13.7. The summed E-state index contributed by atoms with van der Waals surface area (Å²) in [5.41, 5.74) is 3.21. The van der Waals surface area contributed by atoms with E-state index >= 15 is 0 Å². The summed E-state index contributed by atoms with van der Waals surface area (Å²) in [5, 5.41) is 3.19. The predicted molar refractivity (Wildman–Crippen MR) is 153 cm³/mol. The Labute approximate surface area is 230 Å². The molecule has 9 heteroatoms. The lowest BCUT2D eigenvalue weighted by Gasteiger charge is -2.32. The summed E-state index contributed by atoms with van der Waals surface area (Å²) < 4.78 is 26.3. The number of benzene rings is 3. The first-order valence-corrected chi connectivity index (χ1v) is 14.7. The van der Waals surface area contributed by atoms with Gasteiger partial charge in [-0.15, -0.1) is 0 Å². The van der Waals surface area contributed by atoms with Gasteiger partial charge in [0.15, 0.2) is 0 Å². The molecule has 1 N–H and O–H groups in total. The van der Waals surface area contributed by atoms with Crippen LogP contribution in [0.3, 0.4) is 0 Å². The monoisotopic (exact) mass is 555 g/mol. The minimum absolute atomic E-state index is 0.0601. The molecule has 0 aliphatic rings. The second-order valence-corrected chi connectivity index (χ2v) is 11.5. The van der Waals surface area contributed by atoms with Crippen molar-refractivity contribution in [2.75, 3.05) is 24.2 Å². The number of nitrogens with zero attached hydrogens (tertiary/aromatic N) is 2. The molecular weight excluding hydrogens is 522 g/mol. The number of halogens is 1. The van der Waals surface area contributed by atoms with Gasteiger partial charge >= 0.3 is 0 Å². The van der Waals surface area contributed by atoms with E-state index in [-0.39, 0.29) is 37.7 Å².